The van der Waals surface area contributed by atoms with E-state index in [0.29, 0.717) is 18.4 Å². The van der Waals surface area contributed by atoms with Gasteiger partial charge in [-0.05, 0) is 50.7 Å². The zero-order valence-corrected chi connectivity index (χ0v) is 12.5. The molecular weight excluding hydrogens is 297 g/mol. The minimum absolute atomic E-state index is 0.243. The fourth-order valence-electron chi connectivity index (χ4n) is 2.52. The molecule has 0 spiro atoms. The van der Waals surface area contributed by atoms with Crippen LogP contribution in [0.4, 0.5) is 13.2 Å². The van der Waals surface area contributed by atoms with Gasteiger partial charge < -0.3 is 14.8 Å². The minimum Gasteiger partial charge on any atom is -0.492 e. The molecule has 1 aromatic rings. The number of likely N-dealkylation sites (N-methyl/N-ethyl adjacent to an activating group) is 1. The molecule has 0 bridgehead atoms. The lowest BCUT2D eigenvalue weighted by molar-refractivity contribution is -0.274. The van der Waals surface area contributed by atoms with E-state index in [2.05, 4.69) is 15.0 Å². The zero-order valence-electron chi connectivity index (χ0n) is 12.5. The van der Waals surface area contributed by atoms with E-state index in [9.17, 15) is 13.2 Å². The number of nitrogens with one attached hydrogen (secondary N) is 1. The normalized spacial score (nSPS) is 19.9. The first-order valence-corrected chi connectivity index (χ1v) is 7.34. The number of nitrogens with zero attached hydrogens (tertiary/aromatic N) is 1. The lowest BCUT2D eigenvalue weighted by Crippen LogP contribution is -2.45. The first-order valence-electron chi connectivity index (χ1n) is 7.34. The Morgan fingerprint density at radius 1 is 1.23 bits per heavy atom. The quantitative estimate of drug-likeness (QED) is 0.874. The summed E-state index contributed by atoms with van der Waals surface area (Å²) in [7, 11) is 1.97. The van der Waals surface area contributed by atoms with Crippen molar-refractivity contribution in [2.24, 2.45) is 0 Å². The van der Waals surface area contributed by atoms with E-state index in [-0.39, 0.29) is 5.75 Å². The molecule has 0 saturated carbocycles. The second kappa shape index (κ2) is 7.69. The average molecular weight is 318 g/mol. The van der Waals surface area contributed by atoms with E-state index in [0.717, 1.165) is 26.1 Å². The van der Waals surface area contributed by atoms with Crippen LogP contribution in [0, 0.1) is 0 Å². The summed E-state index contributed by atoms with van der Waals surface area (Å²) in [6.07, 6.45) is -2.32. The highest BCUT2D eigenvalue weighted by Gasteiger charge is 2.30. The number of likely N-dealkylation sites (tertiary alicyclic amines) is 1. The number of rotatable bonds is 6. The first kappa shape index (κ1) is 16.9. The maximum atomic E-state index is 12.0. The fraction of sp³-hybridized carbons (Fsp3) is 0.600. The average Bonchev–Trinajstić information content (AvgIpc) is 2.48. The van der Waals surface area contributed by atoms with Crippen LogP contribution in [-0.2, 0) is 0 Å². The fourth-order valence-corrected chi connectivity index (χ4v) is 2.52. The first-order chi connectivity index (χ1) is 10.5. The molecule has 124 valence electrons. The van der Waals surface area contributed by atoms with Crippen molar-refractivity contribution in [2.75, 3.05) is 33.3 Å². The summed E-state index contributed by atoms with van der Waals surface area (Å²) >= 11 is 0. The number of halogens is 3. The SMILES string of the molecule is CNC1CCCN(CCOc2ccc(OC(F)(F)F)cc2)C1. The van der Waals surface area contributed by atoms with Crippen molar-refractivity contribution in [1.82, 2.24) is 10.2 Å². The zero-order chi connectivity index (χ0) is 16.0. The van der Waals surface area contributed by atoms with E-state index in [1.165, 1.54) is 30.7 Å². The Hall–Kier alpha value is -1.47. The number of ether oxygens (including phenoxy) is 2. The predicted octanol–water partition coefficient (Wildman–Crippen LogP) is 2.65. The van der Waals surface area contributed by atoms with Crippen LogP contribution in [0.1, 0.15) is 12.8 Å². The molecule has 1 aliphatic rings. The van der Waals surface area contributed by atoms with Gasteiger partial charge in [-0.2, -0.15) is 0 Å². The monoisotopic (exact) mass is 318 g/mol. The Morgan fingerprint density at radius 2 is 1.91 bits per heavy atom. The Bertz CT molecular complexity index is 451. The molecule has 0 aliphatic carbocycles. The van der Waals surface area contributed by atoms with Crippen molar-refractivity contribution in [2.45, 2.75) is 25.2 Å². The second-order valence-corrected chi connectivity index (χ2v) is 5.30. The van der Waals surface area contributed by atoms with E-state index in [1.54, 1.807) is 0 Å². The molecule has 0 amide bonds. The van der Waals surface area contributed by atoms with Gasteiger partial charge in [0.15, 0.2) is 0 Å². The van der Waals surface area contributed by atoms with E-state index in [4.69, 9.17) is 4.74 Å². The summed E-state index contributed by atoms with van der Waals surface area (Å²) in [5.41, 5.74) is 0. The Balaban J connectivity index is 1.73. The highest BCUT2D eigenvalue weighted by Crippen LogP contribution is 2.24. The largest absolute Gasteiger partial charge is 0.573 e. The number of hydrogen-bond acceptors (Lipinski definition) is 4. The second-order valence-electron chi connectivity index (χ2n) is 5.30. The van der Waals surface area contributed by atoms with E-state index >= 15 is 0 Å². The van der Waals surface area contributed by atoms with Crippen molar-refractivity contribution in [3.8, 4) is 11.5 Å². The van der Waals surface area contributed by atoms with Crippen molar-refractivity contribution in [3.63, 3.8) is 0 Å². The van der Waals surface area contributed by atoms with Crippen molar-refractivity contribution >= 4 is 0 Å². The van der Waals surface area contributed by atoms with Crippen LogP contribution in [-0.4, -0.2) is 50.6 Å². The summed E-state index contributed by atoms with van der Waals surface area (Å²) in [6, 6.07) is 5.98. The van der Waals surface area contributed by atoms with Crippen LogP contribution in [0.5, 0.6) is 11.5 Å². The lowest BCUT2D eigenvalue weighted by atomic mass is 10.1. The van der Waals surface area contributed by atoms with Gasteiger partial charge in [-0.15, -0.1) is 13.2 Å². The summed E-state index contributed by atoms with van der Waals surface area (Å²) in [5.74, 6) is 0.296. The van der Waals surface area contributed by atoms with Gasteiger partial charge in [0, 0.05) is 19.1 Å². The standard InChI is InChI=1S/C15H21F3N2O2/c1-19-12-3-2-8-20(11-12)9-10-21-13-4-6-14(7-5-13)22-15(16,17)18/h4-7,12,19H,2-3,8-11H2,1H3. The third-order valence-electron chi connectivity index (χ3n) is 3.65. The summed E-state index contributed by atoms with van der Waals surface area (Å²) in [5, 5.41) is 3.28. The molecule has 1 saturated heterocycles. The Morgan fingerprint density at radius 3 is 2.55 bits per heavy atom. The third-order valence-corrected chi connectivity index (χ3v) is 3.65. The molecular formula is C15H21F3N2O2. The van der Waals surface area contributed by atoms with Crippen molar-refractivity contribution < 1.29 is 22.6 Å². The number of hydrogen-bond donors (Lipinski definition) is 1. The molecule has 1 heterocycles. The van der Waals surface area contributed by atoms with Crippen LogP contribution in [0.3, 0.4) is 0 Å². The molecule has 0 aromatic heterocycles. The maximum absolute atomic E-state index is 12.0. The van der Waals surface area contributed by atoms with Gasteiger partial charge >= 0.3 is 6.36 Å². The molecule has 1 atom stereocenters. The summed E-state index contributed by atoms with van der Waals surface area (Å²) in [4.78, 5) is 2.33. The van der Waals surface area contributed by atoms with Crippen LogP contribution in [0.15, 0.2) is 24.3 Å². The highest BCUT2D eigenvalue weighted by molar-refractivity contribution is 5.31. The summed E-state index contributed by atoms with van der Waals surface area (Å²) in [6.45, 7) is 3.37. The summed E-state index contributed by atoms with van der Waals surface area (Å²) < 4.78 is 45.5. The molecule has 1 fully saturated rings. The van der Waals surface area contributed by atoms with Crippen LogP contribution in [0.2, 0.25) is 0 Å². The van der Waals surface area contributed by atoms with Gasteiger partial charge in [-0.25, -0.2) is 0 Å². The van der Waals surface area contributed by atoms with Gasteiger partial charge in [-0.1, -0.05) is 0 Å². The predicted molar refractivity (Wildman–Crippen MR) is 77.1 cm³/mol. The van der Waals surface area contributed by atoms with E-state index < -0.39 is 6.36 Å². The Labute approximate surface area is 128 Å². The molecule has 2 rings (SSSR count). The van der Waals surface area contributed by atoms with Gasteiger partial charge in [0.25, 0.3) is 0 Å². The number of alkyl halides is 3. The molecule has 1 aliphatic heterocycles. The van der Waals surface area contributed by atoms with E-state index in [1.807, 2.05) is 7.05 Å². The third kappa shape index (κ3) is 5.73. The molecule has 1 aromatic carbocycles. The number of benzene rings is 1. The van der Waals surface area contributed by atoms with Crippen LogP contribution >= 0.6 is 0 Å². The van der Waals surface area contributed by atoms with Gasteiger partial charge in [0.2, 0.25) is 0 Å². The minimum atomic E-state index is -4.67. The van der Waals surface area contributed by atoms with Crippen LogP contribution < -0.4 is 14.8 Å². The van der Waals surface area contributed by atoms with Gasteiger partial charge in [0.05, 0.1) is 0 Å². The molecule has 0 radical (unpaired) electrons. The number of piperidine rings is 1. The van der Waals surface area contributed by atoms with Gasteiger partial charge in [0.1, 0.15) is 18.1 Å². The lowest BCUT2D eigenvalue weighted by Gasteiger charge is -2.32. The molecule has 7 heteroatoms. The maximum Gasteiger partial charge on any atom is 0.573 e. The molecule has 4 nitrogen and oxygen atoms in total. The van der Waals surface area contributed by atoms with Crippen molar-refractivity contribution in [1.29, 1.82) is 0 Å². The molecule has 22 heavy (non-hydrogen) atoms. The van der Waals surface area contributed by atoms with Crippen LogP contribution in [0.25, 0.3) is 0 Å². The van der Waals surface area contributed by atoms with Gasteiger partial charge in [-0.3, -0.25) is 4.90 Å². The molecule has 1 unspecified atom stereocenters. The highest BCUT2D eigenvalue weighted by atomic mass is 19.4. The smallest absolute Gasteiger partial charge is 0.492 e. The van der Waals surface area contributed by atoms with Crippen molar-refractivity contribution in [3.05, 3.63) is 24.3 Å². The molecule has 1 N–H and O–H groups in total. The topological polar surface area (TPSA) is 33.7 Å². The Kier molecular flexibility index (Phi) is 5.90.